The predicted molar refractivity (Wildman–Crippen MR) is 90.7 cm³/mol. The van der Waals surface area contributed by atoms with Gasteiger partial charge in [-0.25, -0.2) is 0 Å². The minimum atomic E-state index is -4.34. The lowest BCUT2D eigenvalue weighted by Gasteiger charge is -2.41. The van der Waals surface area contributed by atoms with E-state index in [0.29, 0.717) is 18.8 Å². The molecule has 3 rings (SSSR count). The molecule has 0 aliphatic carbocycles. The Hall–Kier alpha value is -0.960. The van der Waals surface area contributed by atoms with Crippen molar-refractivity contribution in [2.75, 3.05) is 39.4 Å². The number of nitrogens with zero attached hydrogens (tertiary/aromatic N) is 1. The van der Waals surface area contributed by atoms with E-state index in [9.17, 15) is 18.3 Å². The van der Waals surface area contributed by atoms with Crippen molar-refractivity contribution in [1.82, 2.24) is 10.2 Å². The number of thioether (sulfide) groups is 1. The number of phenolic OH excluding ortho intramolecular Hbond substituents is 1. The molecule has 0 aromatic heterocycles. The third-order valence-electron chi connectivity index (χ3n) is 4.81. The zero-order chi connectivity index (χ0) is 17.9. The van der Waals surface area contributed by atoms with Gasteiger partial charge in [0.25, 0.3) is 0 Å². The van der Waals surface area contributed by atoms with Crippen LogP contribution < -0.4 is 5.32 Å². The van der Waals surface area contributed by atoms with E-state index in [0.717, 1.165) is 39.0 Å². The van der Waals surface area contributed by atoms with Gasteiger partial charge < -0.3 is 15.2 Å². The van der Waals surface area contributed by atoms with Crippen molar-refractivity contribution in [1.29, 1.82) is 0 Å². The largest absolute Gasteiger partial charge is 0.508 e. The second-order valence-electron chi connectivity index (χ2n) is 6.45. The van der Waals surface area contributed by atoms with Crippen molar-refractivity contribution in [3.05, 3.63) is 23.8 Å². The zero-order valence-corrected chi connectivity index (χ0v) is 14.7. The SMILES string of the molecule is Oc1ccc(SC(F)(F)F)cc1[C@@H](C1CCOCC1)N1CCNCC1. The molecular formula is C17H23F3N2O2S. The summed E-state index contributed by atoms with van der Waals surface area (Å²) < 4.78 is 43.7. The summed E-state index contributed by atoms with van der Waals surface area (Å²) in [6.07, 6.45) is 1.70. The summed E-state index contributed by atoms with van der Waals surface area (Å²) in [6.45, 7) is 4.64. The average molecular weight is 376 g/mol. The highest BCUT2D eigenvalue weighted by molar-refractivity contribution is 8.00. The Kier molecular flexibility index (Phi) is 6.14. The van der Waals surface area contributed by atoms with E-state index in [1.807, 2.05) is 0 Å². The van der Waals surface area contributed by atoms with Crippen molar-refractivity contribution in [2.24, 2.45) is 5.92 Å². The first-order chi connectivity index (χ1) is 11.9. The first kappa shape index (κ1) is 18.8. The normalized spacial score (nSPS) is 22.0. The number of aromatic hydroxyl groups is 1. The molecule has 1 atom stereocenters. The minimum Gasteiger partial charge on any atom is -0.508 e. The second kappa shape index (κ2) is 8.16. The maximum absolute atomic E-state index is 12.7. The fraction of sp³-hybridized carbons (Fsp3) is 0.647. The van der Waals surface area contributed by atoms with Gasteiger partial charge in [0.15, 0.2) is 0 Å². The van der Waals surface area contributed by atoms with E-state index >= 15 is 0 Å². The Morgan fingerprint density at radius 2 is 1.88 bits per heavy atom. The first-order valence-corrected chi connectivity index (χ1v) is 9.37. The molecule has 4 nitrogen and oxygen atoms in total. The summed E-state index contributed by atoms with van der Waals surface area (Å²) in [5.74, 6) is 0.338. The van der Waals surface area contributed by atoms with Gasteiger partial charge in [0.1, 0.15) is 5.75 Å². The molecule has 2 fully saturated rings. The molecule has 140 valence electrons. The fourth-order valence-electron chi connectivity index (χ4n) is 3.71. The molecule has 2 aliphatic heterocycles. The van der Waals surface area contributed by atoms with E-state index in [2.05, 4.69) is 10.2 Å². The van der Waals surface area contributed by atoms with E-state index in [1.165, 1.54) is 18.2 Å². The summed E-state index contributed by atoms with van der Waals surface area (Å²) in [5.41, 5.74) is -3.74. The Bertz CT molecular complexity index is 556. The van der Waals surface area contributed by atoms with Gasteiger partial charge in [0.05, 0.1) is 0 Å². The summed E-state index contributed by atoms with van der Waals surface area (Å²) in [5, 5.41) is 13.7. The van der Waals surface area contributed by atoms with Crippen LogP contribution >= 0.6 is 11.8 Å². The van der Waals surface area contributed by atoms with Crippen LogP contribution in [-0.2, 0) is 4.74 Å². The summed E-state index contributed by atoms with van der Waals surface area (Å²) in [6, 6.07) is 4.14. The molecule has 2 saturated heterocycles. The lowest BCUT2D eigenvalue weighted by atomic mass is 9.85. The molecule has 1 aromatic rings. The average Bonchev–Trinajstić information content (AvgIpc) is 2.59. The van der Waals surface area contributed by atoms with Crippen molar-refractivity contribution >= 4 is 11.8 Å². The maximum atomic E-state index is 12.7. The Morgan fingerprint density at radius 3 is 2.52 bits per heavy atom. The smallest absolute Gasteiger partial charge is 0.446 e. The van der Waals surface area contributed by atoms with Crippen molar-refractivity contribution in [3.8, 4) is 5.75 Å². The van der Waals surface area contributed by atoms with E-state index in [4.69, 9.17) is 4.74 Å². The number of ether oxygens (including phenoxy) is 1. The molecule has 8 heteroatoms. The van der Waals surface area contributed by atoms with Gasteiger partial charge in [0.2, 0.25) is 0 Å². The predicted octanol–water partition coefficient (Wildman–Crippen LogP) is 3.38. The Morgan fingerprint density at radius 1 is 1.20 bits per heavy atom. The van der Waals surface area contributed by atoms with Crippen molar-refractivity contribution in [3.63, 3.8) is 0 Å². The molecule has 25 heavy (non-hydrogen) atoms. The van der Waals surface area contributed by atoms with Crippen LogP contribution in [0.1, 0.15) is 24.4 Å². The van der Waals surface area contributed by atoms with E-state index in [-0.39, 0.29) is 34.4 Å². The lowest BCUT2D eigenvalue weighted by molar-refractivity contribution is -0.0328. The first-order valence-electron chi connectivity index (χ1n) is 8.55. The molecule has 1 aromatic carbocycles. The summed E-state index contributed by atoms with van der Waals surface area (Å²) in [4.78, 5) is 2.40. The van der Waals surface area contributed by atoms with Crippen LogP contribution in [0.2, 0.25) is 0 Å². The Labute approximate surface area is 149 Å². The number of phenols is 1. The Balaban J connectivity index is 1.92. The van der Waals surface area contributed by atoms with Crippen LogP contribution in [-0.4, -0.2) is 54.9 Å². The summed E-state index contributed by atoms with van der Waals surface area (Å²) in [7, 11) is 0. The minimum absolute atomic E-state index is 0.0709. The number of alkyl halides is 3. The number of piperazine rings is 1. The van der Waals surface area contributed by atoms with Crippen LogP contribution in [0.15, 0.2) is 23.1 Å². The second-order valence-corrected chi connectivity index (χ2v) is 7.59. The van der Waals surface area contributed by atoms with Gasteiger partial charge in [-0.15, -0.1) is 0 Å². The standard InChI is InChI=1S/C17H23F3N2O2S/c18-17(19,20)25-13-1-2-15(23)14(11-13)16(12-3-9-24-10-4-12)22-7-5-21-6-8-22/h1-2,11-12,16,21,23H,3-10H2/t16-/m1/s1. The third-order valence-corrected chi connectivity index (χ3v) is 5.53. The van der Waals surface area contributed by atoms with Crippen LogP contribution in [0.3, 0.4) is 0 Å². The number of rotatable bonds is 4. The highest BCUT2D eigenvalue weighted by Crippen LogP contribution is 2.43. The zero-order valence-electron chi connectivity index (χ0n) is 13.9. The number of hydrogen-bond acceptors (Lipinski definition) is 5. The molecule has 0 unspecified atom stereocenters. The highest BCUT2D eigenvalue weighted by Gasteiger charge is 2.34. The summed E-state index contributed by atoms with van der Waals surface area (Å²) >= 11 is -0.132. The number of benzene rings is 1. The van der Waals surface area contributed by atoms with Gasteiger partial charge in [-0.05, 0) is 48.7 Å². The monoisotopic (exact) mass is 376 g/mol. The highest BCUT2D eigenvalue weighted by atomic mass is 32.2. The van der Waals surface area contributed by atoms with Crippen molar-refractivity contribution in [2.45, 2.75) is 29.3 Å². The molecule has 0 radical (unpaired) electrons. The van der Waals surface area contributed by atoms with Crippen LogP contribution in [0.4, 0.5) is 13.2 Å². The van der Waals surface area contributed by atoms with Gasteiger partial charge in [-0.3, -0.25) is 4.90 Å². The van der Waals surface area contributed by atoms with Gasteiger partial charge in [0, 0.05) is 55.9 Å². The number of hydrogen-bond donors (Lipinski definition) is 2. The lowest BCUT2D eigenvalue weighted by Crippen LogP contribution is -2.47. The van der Waals surface area contributed by atoms with Crippen molar-refractivity contribution < 1.29 is 23.0 Å². The van der Waals surface area contributed by atoms with Crippen LogP contribution in [0, 0.1) is 5.92 Å². The molecule has 2 heterocycles. The van der Waals surface area contributed by atoms with Gasteiger partial charge >= 0.3 is 5.51 Å². The van der Waals surface area contributed by atoms with Gasteiger partial charge in [-0.1, -0.05) is 0 Å². The van der Waals surface area contributed by atoms with E-state index in [1.54, 1.807) is 0 Å². The molecule has 0 spiro atoms. The quantitative estimate of drug-likeness (QED) is 0.789. The molecule has 0 amide bonds. The topological polar surface area (TPSA) is 44.7 Å². The third kappa shape index (κ3) is 5.03. The van der Waals surface area contributed by atoms with Crippen LogP contribution in [0.5, 0.6) is 5.75 Å². The maximum Gasteiger partial charge on any atom is 0.446 e. The molecule has 0 bridgehead atoms. The number of halogens is 3. The number of nitrogens with one attached hydrogen (secondary N) is 1. The molecule has 2 N–H and O–H groups in total. The molecular weight excluding hydrogens is 353 g/mol. The molecule has 0 saturated carbocycles. The molecule has 2 aliphatic rings. The fourth-order valence-corrected chi connectivity index (χ4v) is 4.30. The van der Waals surface area contributed by atoms with Crippen LogP contribution in [0.25, 0.3) is 0 Å². The van der Waals surface area contributed by atoms with Gasteiger partial charge in [-0.2, -0.15) is 13.2 Å². The van der Waals surface area contributed by atoms with E-state index < -0.39 is 5.51 Å².